The molecular weight excluding hydrogens is 274 g/mol. The summed E-state index contributed by atoms with van der Waals surface area (Å²) < 4.78 is 0. The van der Waals surface area contributed by atoms with Crippen molar-refractivity contribution >= 4 is 46.5 Å². The first kappa shape index (κ1) is 13.4. The van der Waals surface area contributed by atoms with Crippen LogP contribution in [0.25, 0.3) is 0 Å². The number of rotatable bonds is 3. The summed E-state index contributed by atoms with van der Waals surface area (Å²) in [5.74, 6) is -1.25. The summed E-state index contributed by atoms with van der Waals surface area (Å²) in [4.78, 5) is 14.4. The Morgan fingerprint density at radius 2 is 1.88 bits per heavy atom. The maximum absolute atomic E-state index is 10.8. The number of anilines is 1. The van der Waals surface area contributed by atoms with E-state index in [2.05, 4.69) is 10.3 Å². The van der Waals surface area contributed by atoms with Crippen LogP contribution in [0.4, 0.5) is 5.69 Å². The molecule has 1 aromatic rings. The van der Waals surface area contributed by atoms with Crippen LogP contribution in [-0.2, 0) is 0 Å². The largest absolute Gasteiger partial charge is 0.476 e. The number of hydrogen-bond acceptors (Lipinski definition) is 3. The second kappa shape index (κ2) is 5.08. The topological polar surface area (TPSA) is 62.2 Å². The third-order valence-electron chi connectivity index (χ3n) is 1.67. The normalized spacial score (nSPS) is 10.6. The minimum Gasteiger partial charge on any atom is -0.476 e. The van der Waals surface area contributed by atoms with Gasteiger partial charge in [-0.1, -0.05) is 34.8 Å². The molecule has 0 bridgehead atoms. The van der Waals surface area contributed by atoms with Crippen molar-refractivity contribution in [3.63, 3.8) is 0 Å². The van der Waals surface area contributed by atoms with E-state index in [1.165, 1.54) is 0 Å². The molecule has 0 aliphatic carbocycles. The van der Waals surface area contributed by atoms with Crippen molar-refractivity contribution in [3.05, 3.63) is 20.9 Å². The van der Waals surface area contributed by atoms with Crippen molar-refractivity contribution in [2.24, 2.45) is 0 Å². The molecule has 0 spiro atoms. The van der Waals surface area contributed by atoms with Gasteiger partial charge in [0.15, 0.2) is 10.8 Å². The summed E-state index contributed by atoms with van der Waals surface area (Å²) in [6.45, 7) is 3.73. The zero-order valence-electron chi connectivity index (χ0n) is 8.51. The molecule has 7 heteroatoms. The van der Waals surface area contributed by atoms with E-state index >= 15 is 0 Å². The van der Waals surface area contributed by atoms with Crippen molar-refractivity contribution in [1.29, 1.82) is 0 Å². The summed E-state index contributed by atoms with van der Waals surface area (Å²) in [5.41, 5.74) is -0.0325. The number of carbonyl (C=O) groups is 1. The first-order valence-electron chi connectivity index (χ1n) is 4.39. The first-order chi connectivity index (χ1) is 7.34. The molecule has 0 fully saturated rings. The number of hydrogen-bond donors (Lipinski definition) is 2. The van der Waals surface area contributed by atoms with Crippen LogP contribution >= 0.6 is 34.8 Å². The number of aromatic carboxylic acids is 1. The molecule has 0 radical (unpaired) electrons. The van der Waals surface area contributed by atoms with Crippen LogP contribution in [0.3, 0.4) is 0 Å². The van der Waals surface area contributed by atoms with Crippen LogP contribution in [0.5, 0.6) is 0 Å². The molecule has 0 unspecified atom stereocenters. The molecule has 88 valence electrons. The average molecular weight is 284 g/mol. The summed E-state index contributed by atoms with van der Waals surface area (Å²) in [6, 6.07) is 0.0371. The highest BCUT2D eigenvalue weighted by Gasteiger charge is 2.20. The molecule has 0 saturated heterocycles. The van der Waals surface area contributed by atoms with E-state index in [1.54, 1.807) is 0 Å². The molecule has 2 N–H and O–H groups in total. The molecule has 4 nitrogen and oxygen atoms in total. The minimum absolute atomic E-state index is 0.0371. The Balaban J connectivity index is 3.39. The maximum Gasteiger partial charge on any atom is 0.356 e. The Morgan fingerprint density at radius 1 is 1.31 bits per heavy atom. The molecule has 0 aliphatic heterocycles. The van der Waals surface area contributed by atoms with Gasteiger partial charge in [-0.3, -0.25) is 0 Å². The lowest BCUT2D eigenvalue weighted by Gasteiger charge is -2.15. The van der Waals surface area contributed by atoms with Crippen molar-refractivity contribution in [1.82, 2.24) is 4.98 Å². The van der Waals surface area contributed by atoms with Gasteiger partial charge in [0, 0.05) is 6.04 Å². The standard InChI is InChI=1S/C9H9Cl3N2O2/c1-3(2)13-6-4(10)7(9(15)16)14-8(12)5(6)11/h3H,1-2H3,(H,13,14)(H,15,16). The lowest BCUT2D eigenvalue weighted by molar-refractivity contribution is 0.0691. The zero-order valence-corrected chi connectivity index (χ0v) is 10.8. The molecule has 0 aliphatic rings. The number of nitrogens with zero attached hydrogens (tertiary/aromatic N) is 1. The molecule has 0 saturated carbocycles. The summed E-state index contributed by atoms with van der Waals surface area (Å²) in [6.07, 6.45) is 0. The van der Waals surface area contributed by atoms with Crippen molar-refractivity contribution < 1.29 is 9.90 Å². The summed E-state index contributed by atoms with van der Waals surface area (Å²) in [5, 5.41) is 11.8. The highest BCUT2D eigenvalue weighted by molar-refractivity contribution is 6.46. The minimum atomic E-state index is -1.25. The number of pyridine rings is 1. The monoisotopic (exact) mass is 282 g/mol. The summed E-state index contributed by atoms with van der Waals surface area (Å²) in [7, 11) is 0. The van der Waals surface area contributed by atoms with Gasteiger partial charge in [-0.05, 0) is 13.8 Å². The Labute approximate surface area is 108 Å². The molecule has 16 heavy (non-hydrogen) atoms. The highest BCUT2D eigenvalue weighted by atomic mass is 35.5. The first-order valence-corrected chi connectivity index (χ1v) is 5.52. The van der Waals surface area contributed by atoms with Gasteiger partial charge in [-0.2, -0.15) is 0 Å². The quantitative estimate of drug-likeness (QED) is 0.833. The zero-order chi connectivity index (χ0) is 12.5. The van der Waals surface area contributed by atoms with Crippen LogP contribution in [-0.4, -0.2) is 22.1 Å². The Bertz CT molecular complexity index is 435. The van der Waals surface area contributed by atoms with Crippen LogP contribution in [0.1, 0.15) is 24.3 Å². The van der Waals surface area contributed by atoms with E-state index in [-0.39, 0.29) is 32.6 Å². The number of carboxylic acid groups (broad SMARTS) is 1. The van der Waals surface area contributed by atoms with Crippen LogP contribution in [0.2, 0.25) is 15.2 Å². The van der Waals surface area contributed by atoms with Gasteiger partial charge in [-0.25, -0.2) is 9.78 Å². The highest BCUT2D eigenvalue weighted by Crippen LogP contribution is 2.37. The number of nitrogens with one attached hydrogen (secondary N) is 1. The molecular formula is C9H9Cl3N2O2. The third-order valence-corrected chi connectivity index (χ3v) is 2.78. The molecule has 0 atom stereocenters. The Morgan fingerprint density at radius 3 is 2.31 bits per heavy atom. The lowest BCUT2D eigenvalue weighted by Crippen LogP contribution is -2.13. The third kappa shape index (κ3) is 2.70. The van der Waals surface area contributed by atoms with E-state index < -0.39 is 5.97 Å². The Hall–Kier alpha value is -0.710. The van der Waals surface area contributed by atoms with Crippen molar-refractivity contribution in [3.8, 4) is 0 Å². The Kier molecular flexibility index (Phi) is 4.24. The number of halogens is 3. The van der Waals surface area contributed by atoms with Gasteiger partial charge < -0.3 is 10.4 Å². The van der Waals surface area contributed by atoms with Gasteiger partial charge in [0.1, 0.15) is 5.02 Å². The second-order valence-electron chi connectivity index (χ2n) is 3.36. The molecule has 0 amide bonds. The number of aromatic nitrogens is 1. The SMILES string of the molecule is CC(C)Nc1c(Cl)c(Cl)nc(C(=O)O)c1Cl. The summed E-state index contributed by atoms with van der Waals surface area (Å²) >= 11 is 17.5. The maximum atomic E-state index is 10.8. The predicted molar refractivity (Wildman–Crippen MR) is 65.0 cm³/mol. The van der Waals surface area contributed by atoms with Gasteiger partial charge in [-0.15, -0.1) is 0 Å². The fraction of sp³-hybridized carbons (Fsp3) is 0.333. The fourth-order valence-corrected chi connectivity index (χ4v) is 1.76. The second-order valence-corrected chi connectivity index (χ2v) is 4.47. The average Bonchev–Trinajstić information content (AvgIpc) is 2.17. The van der Waals surface area contributed by atoms with Crippen LogP contribution in [0.15, 0.2) is 0 Å². The van der Waals surface area contributed by atoms with Gasteiger partial charge >= 0.3 is 5.97 Å². The van der Waals surface area contributed by atoms with Gasteiger partial charge in [0.25, 0.3) is 0 Å². The van der Waals surface area contributed by atoms with E-state index in [0.29, 0.717) is 0 Å². The lowest BCUT2D eigenvalue weighted by atomic mass is 10.3. The molecule has 1 heterocycles. The smallest absolute Gasteiger partial charge is 0.356 e. The van der Waals surface area contributed by atoms with E-state index in [9.17, 15) is 4.79 Å². The number of carboxylic acids is 1. The molecule has 1 aromatic heterocycles. The van der Waals surface area contributed by atoms with Gasteiger partial charge in [0.2, 0.25) is 0 Å². The van der Waals surface area contributed by atoms with Crippen molar-refractivity contribution in [2.75, 3.05) is 5.32 Å². The predicted octanol–water partition coefficient (Wildman–Crippen LogP) is 3.56. The van der Waals surface area contributed by atoms with E-state index in [4.69, 9.17) is 39.9 Å². The van der Waals surface area contributed by atoms with Gasteiger partial charge in [0.05, 0.1) is 10.7 Å². The van der Waals surface area contributed by atoms with Crippen LogP contribution in [0, 0.1) is 0 Å². The molecule has 1 rings (SSSR count). The molecule has 0 aromatic carbocycles. The van der Waals surface area contributed by atoms with Crippen molar-refractivity contribution in [2.45, 2.75) is 19.9 Å². The van der Waals surface area contributed by atoms with E-state index in [0.717, 1.165) is 0 Å². The van der Waals surface area contributed by atoms with E-state index in [1.807, 2.05) is 13.8 Å². The van der Waals surface area contributed by atoms with Crippen LogP contribution < -0.4 is 5.32 Å². The fourth-order valence-electron chi connectivity index (χ4n) is 1.07.